The first-order valence-corrected chi connectivity index (χ1v) is 12.2. The molecule has 2 heterocycles. The minimum absolute atomic E-state index is 0.0438. The number of pyridine rings is 1. The van der Waals surface area contributed by atoms with Crippen molar-refractivity contribution in [1.82, 2.24) is 20.3 Å². The van der Waals surface area contributed by atoms with Crippen LogP contribution in [0.25, 0.3) is 0 Å². The van der Waals surface area contributed by atoms with Crippen molar-refractivity contribution in [1.29, 1.82) is 0 Å². The van der Waals surface area contributed by atoms with Crippen molar-refractivity contribution >= 4 is 17.5 Å². The van der Waals surface area contributed by atoms with E-state index in [4.69, 9.17) is 0 Å². The number of benzene rings is 1. The molecule has 10 nitrogen and oxygen atoms in total. The summed E-state index contributed by atoms with van der Waals surface area (Å²) in [5.74, 6) is 0.0724. The lowest BCUT2D eigenvalue weighted by Gasteiger charge is -2.29. The second-order valence-corrected chi connectivity index (χ2v) is 8.99. The predicted molar refractivity (Wildman–Crippen MR) is 134 cm³/mol. The lowest BCUT2D eigenvalue weighted by molar-refractivity contribution is -0.384. The highest BCUT2D eigenvalue weighted by molar-refractivity contribution is 5.57. The molecule has 0 radical (unpaired) electrons. The van der Waals surface area contributed by atoms with Crippen LogP contribution in [-0.2, 0) is 13.1 Å². The molecule has 0 spiro atoms. The summed E-state index contributed by atoms with van der Waals surface area (Å²) in [6, 6.07) is 11.9. The van der Waals surface area contributed by atoms with E-state index in [1.807, 2.05) is 18.2 Å². The van der Waals surface area contributed by atoms with Crippen LogP contribution in [-0.4, -0.2) is 38.8 Å². The second-order valence-electron chi connectivity index (χ2n) is 8.99. The maximum absolute atomic E-state index is 12.7. The largest absolute Gasteiger partial charge is 0.573 e. The highest BCUT2D eigenvalue weighted by atomic mass is 19.4. The highest BCUT2D eigenvalue weighted by Gasteiger charge is 2.32. The third kappa shape index (κ3) is 8.00. The molecule has 1 aliphatic rings. The Kier molecular flexibility index (Phi) is 8.89. The zero-order chi connectivity index (χ0) is 27.0. The van der Waals surface area contributed by atoms with Gasteiger partial charge < -0.3 is 20.7 Å². The monoisotopic (exact) mass is 531 g/mol. The van der Waals surface area contributed by atoms with E-state index in [-0.39, 0.29) is 35.3 Å². The number of alkyl halides is 3. The zero-order valence-corrected chi connectivity index (χ0v) is 20.4. The Labute approximate surface area is 217 Å². The van der Waals surface area contributed by atoms with Crippen molar-refractivity contribution < 1.29 is 22.8 Å². The number of ether oxygens (including phenoxy) is 1. The highest BCUT2D eigenvalue weighted by Crippen LogP contribution is 2.29. The summed E-state index contributed by atoms with van der Waals surface area (Å²) in [5, 5.41) is 20.9. The van der Waals surface area contributed by atoms with E-state index in [0.717, 1.165) is 37.6 Å². The number of anilines is 2. The first-order valence-electron chi connectivity index (χ1n) is 12.2. The fourth-order valence-corrected chi connectivity index (χ4v) is 4.34. The SMILES string of the molecule is O=[N+]([O-])c1cnc(NCc2ccccc2OC(F)(F)F)nc1NCC1CCC(NCc2ccccn2)CC1. The minimum Gasteiger partial charge on any atom is -0.405 e. The van der Waals surface area contributed by atoms with Crippen LogP contribution in [0.2, 0.25) is 0 Å². The molecule has 0 atom stereocenters. The second kappa shape index (κ2) is 12.5. The maximum Gasteiger partial charge on any atom is 0.573 e. The van der Waals surface area contributed by atoms with E-state index in [2.05, 4.69) is 35.6 Å². The summed E-state index contributed by atoms with van der Waals surface area (Å²) in [5.41, 5.74) is 0.949. The van der Waals surface area contributed by atoms with Crippen LogP contribution in [0.5, 0.6) is 5.75 Å². The van der Waals surface area contributed by atoms with Gasteiger partial charge in [0.25, 0.3) is 0 Å². The summed E-state index contributed by atoms with van der Waals surface area (Å²) in [6.07, 6.45) is 1.89. The van der Waals surface area contributed by atoms with Crippen molar-refractivity contribution in [3.8, 4) is 5.75 Å². The molecule has 1 saturated carbocycles. The Hall–Kier alpha value is -4.00. The van der Waals surface area contributed by atoms with Crippen LogP contribution in [0.1, 0.15) is 36.9 Å². The third-order valence-electron chi connectivity index (χ3n) is 6.30. The van der Waals surface area contributed by atoms with E-state index < -0.39 is 11.3 Å². The van der Waals surface area contributed by atoms with Crippen LogP contribution in [0.4, 0.5) is 30.6 Å². The molecular weight excluding hydrogens is 503 g/mol. The third-order valence-corrected chi connectivity index (χ3v) is 6.30. The average Bonchev–Trinajstić information content (AvgIpc) is 2.90. The zero-order valence-electron chi connectivity index (χ0n) is 20.4. The van der Waals surface area contributed by atoms with Crippen LogP contribution in [0, 0.1) is 16.0 Å². The van der Waals surface area contributed by atoms with Crippen LogP contribution >= 0.6 is 0 Å². The molecule has 13 heteroatoms. The molecule has 3 N–H and O–H groups in total. The van der Waals surface area contributed by atoms with Gasteiger partial charge in [-0.05, 0) is 49.8 Å². The first kappa shape index (κ1) is 27.0. The van der Waals surface area contributed by atoms with E-state index in [0.29, 0.717) is 25.0 Å². The Morgan fingerprint density at radius 1 is 1.00 bits per heavy atom. The van der Waals surface area contributed by atoms with Gasteiger partial charge in [-0.1, -0.05) is 24.3 Å². The number of halogens is 3. The molecule has 1 fully saturated rings. The molecule has 1 aromatic carbocycles. The molecule has 4 rings (SSSR count). The Balaban J connectivity index is 1.31. The van der Waals surface area contributed by atoms with Gasteiger partial charge in [0.15, 0.2) is 0 Å². The van der Waals surface area contributed by atoms with E-state index in [1.165, 1.54) is 18.2 Å². The molecule has 2 aromatic heterocycles. The van der Waals surface area contributed by atoms with Crippen molar-refractivity contribution in [3.05, 3.63) is 76.2 Å². The van der Waals surface area contributed by atoms with E-state index in [9.17, 15) is 23.3 Å². The molecule has 3 aromatic rings. The van der Waals surface area contributed by atoms with Gasteiger partial charge in [0.05, 0.1) is 10.6 Å². The van der Waals surface area contributed by atoms with Crippen LogP contribution in [0.3, 0.4) is 0 Å². The van der Waals surface area contributed by atoms with E-state index >= 15 is 0 Å². The molecule has 38 heavy (non-hydrogen) atoms. The number of para-hydroxylation sites is 1. The molecule has 0 aliphatic heterocycles. The van der Waals surface area contributed by atoms with Crippen molar-refractivity contribution in [2.75, 3.05) is 17.2 Å². The van der Waals surface area contributed by atoms with Gasteiger partial charge in [-0.15, -0.1) is 13.2 Å². The van der Waals surface area contributed by atoms with Gasteiger partial charge in [-0.25, -0.2) is 4.98 Å². The molecular formula is C25H28F3N7O3. The Bertz CT molecular complexity index is 1210. The fourth-order valence-electron chi connectivity index (χ4n) is 4.34. The Morgan fingerprint density at radius 2 is 1.76 bits per heavy atom. The van der Waals surface area contributed by atoms with Gasteiger partial charge in [-0.2, -0.15) is 4.98 Å². The quantitative estimate of drug-likeness (QED) is 0.230. The number of nitrogens with zero attached hydrogens (tertiary/aromatic N) is 4. The summed E-state index contributed by atoms with van der Waals surface area (Å²) >= 11 is 0. The minimum atomic E-state index is -4.83. The number of nitrogens with one attached hydrogen (secondary N) is 3. The normalized spacial score (nSPS) is 17.6. The number of hydrogen-bond acceptors (Lipinski definition) is 9. The molecule has 0 unspecified atom stereocenters. The van der Waals surface area contributed by atoms with Gasteiger partial charge in [0.2, 0.25) is 11.8 Å². The van der Waals surface area contributed by atoms with E-state index in [1.54, 1.807) is 12.3 Å². The smallest absolute Gasteiger partial charge is 0.405 e. The van der Waals surface area contributed by atoms with Crippen LogP contribution < -0.4 is 20.7 Å². The fraction of sp³-hybridized carbons (Fsp3) is 0.400. The van der Waals surface area contributed by atoms with Gasteiger partial charge >= 0.3 is 12.0 Å². The number of hydrogen-bond donors (Lipinski definition) is 3. The molecule has 202 valence electrons. The summed E-state index contributed by atoms with van der Waals surface area (Å²) in [7, 11) is 0. The Morgan fingerprint density at radius 3 is 2.47 bits per heavy atom. The van der Waals surface area contributed by atoms with Gasteiger partial charge in [0, 0.05) is 37.4 Å². The topological polar surface area (TPSA) is 127 Å². The number of nitro groups is 1. The maximum atomic E-state index is 12.7. The summed E-state index contributed by atoms with van der Waals surface area (Å²) in [6.45, 7) is 1.15. The van der Waals surface area contributed by atoms with Gasteiger partial charge in [0.1, 0.15) is 11.9 Å². The van der Waals surface area contributed by atoms with Crippen molar-refractivity contribution in [2.45, 2.75) is 51.2 Å². The molecule has 0 saturated heterocycles. The first-order chi connectivity index (χ1) is 18.3. The standard InChI is InChI=1S/C25H28F3N7O3/c26-25(27,28)38-22-7-2-1-5-18(22)14-32-24-33-16-21(35(36)37)23(34-24)31-13-17-8-10-19(11-9-17)30-15-20-6-3-4-12-29-20/h1-7,12,16-17,19,30H,8-11,13-15H2,(H2,31,32,33,34). The molecule has 0 bridgehead atoms. The van der Waals surface area contributed by atoms with Crippen molar-refractivity contribution in [2.24, 2.45) is 5.92 Å². The number of rotatable bonds is 11. The van der Waals surface area contributed by atoms with Gasteiger partial charge in [-0.3, -0.25) is 15.1 Å². The summed E-state index contributed by atoms with van der Waals surface area (Å²) < 4.78 is 42.1. The summed E-state index contributed by atoms with van der Waals surface area (Å²) in [4.78, 5) is 23.4. The van der Waals surface area contributed by atoms with Crippen molar-refractivity contribution in [3.63, 3.8) is 0 Å². The lowest BCUT2D eigenvalue weighted by atomic mass is 9.86. The number of aromatic nitrogens is 3. The van der Waals surface area contributed by atoms with Crippen LogP contribution in [0.15, 0.2) is 54.9 Å². The molecule has 0 amide bonds. The predicted octanol–water partition coefficient (Wildman–Crippen LogP) is 5.05. The molecule has 1 aliphatic carbocycles. The average molecular weight is 532 g/mol. The lowest BCUT2D eigenvalue weighted by Crippen LogP contribution is -2.34.